The van der Waals surface area contributed by atoms with Crippen LogP contribution < -0.4 is 11.1 Å². The lowest BCUT2D eigenvalue weighted by atomic mass is 10.1. The largest absolute Gasteiger partial charge is 0.370 e. The number of anilines is 1. The van der Waals surface area contributed by atoms with E-state index in [1.807, 2.05) is 19.9 Å². The van der Waals surface area contributed by atoms with Gasteiger partial charge in [-0.2, -0.15) is 5.26 Å². The van der Waals surface area contributed by atoms with Gasteiger partial charge in [0.1, 0.15) is 11.9 Å². The van der Waals surface area contributed by atoms with Gasteiger partial charge in [-0.05, 0) is 25.5 Å². The predicted molar refractivity (Wildman–Crippen MR) is 60.7 cm³/mol. The average molecular weight is 218 g/mol. The second-order valence-electron chi connectivity index (χ2n) is 3.56. The summed E-state index contributed by atoms with van der Waals surface area (Å²) >= 11 is 0. The van der Waals surface area contributed by atoms with Crippen molar-refractivity contribution in [3.05, 3.63) is 22.9 Å². The summed E-state index contributed by atoms with van der Waals surface area (Å²) in [5, 5.41) is 11.9. The molecule has 0 fully saturated rings. The van der Waals surface area contributed by atoms with Crippen LogP contribution >= 0.6 is 0 Å². The van der Waals surface area contributed by atoms with Gasteiger partial charge in [0.15, 0.2) is 0 Å². The minimum atomic E-state index is -0.379. The first kappa shape index (κ1) is 12.0. The van der Waals surface area contributed by atoms with E-state index in [2.05, 4.69) is 16.4 Å². The van der Waals surface area contributed by atoms with Crippen LogP contribution in [0.25, 0.3) is 0 Å². The zero-order valence-electron chi connectivity index (χ0n) is 9.37. The van der Waals surface area contributed by atoms with Crippen LogP contribution in [-0.4, -0.2) is 17.4 Å². The maximum absolute atomic E-state index is 10.6. The molecule has 5 heteroatoms. The zero-order chi connectivity index (χ0) is 12.1. The van der Waals surface area contributed by atoms with Crippen LogP contribution in [0.5, 0.6) is 0 Å². The molecule has 0 aliphatic heterocycles. The first-order chi connectivity index (χ1) is 7.54. The molecule has 1 aromatic rings. The van der Waals surface area contributed by atoms with E-state index in [9.17, 15) is 4.79 Å². The lowest BCUT2D eigenvalue weighted by Gasteiger charge is -2.09. The lowest BCUT2D eigenvalue weighted by Crippen LogP contribution is -2.17. The number of nitriles is 1. The second kappa shape index (κ2) is 5.12. The Bertz CT molecular complexity index is 448. The number of amides is 1. The molecule has 0 spiro atoms. The number of nitrogens with one attached hydrogen (secondary N) is 1. The molecule has 0 atom stereocenters. The number of hydrogen-bond acceptors (Lipinski definition) is 4. The van der Waals surface area contributed by atoms with Crippen LogP contribution in [0.15, 0.2) is 6.07 Å². The van der Waals surface area contributed by atoms with Gasteiger partial charge in [0.25, 0.3) is 0 Å². The number of primary amides is 1. The van der Waals surface area contributed by atoms with E-state index in [-0.39, 0.29) is 12.3 Å². The number of pyridine rings is 1. The molecule has 0 saturated carbocycles. The fraction of sp³-hybridized carbons (Fsp3) is 0.364. The van der Waals surface area contributed by atoms with E-state index >= 15 is 0 Å². The molecule has 0 unspecified atom stereocenters. The molecule has 1 aromatic heterocycles. The van der Waals surface area contributed by atoms with Crippen molar-refractivity contribution in [2.24, 2.45) is 5.73 Å². The predicted octanol–water partition coefficient (Wildman–Crippen LogP) is 0.857. The summed E-state index contributed by atoms with van der Waals surface area (Å²) in [6.45, 7) is 4.10. The molecule has 5 nitrogen and oxygen atoms in total. The number of rotatable bonds is 4. The van der Waals surface area contributed by atoms with Crippen LogP contribution in [0.4, 0.5) is 5.82 Å². The number of aryl methyl sites for hydroxylation is 2. The molecular formula is C11H14N4O. The van der Waals surface area contributed by atoms with Crippen LogP contribution in [0.2, 0.25) is 0 Å². The van der Waals surface area contributed by atoms with Crippen molar-refractivity contribution >= 4 is 11.7 Å². The van der Waals surface area contributed by atoms with Gasteiger partial charge in [-0.1, -0.05) is 0 Å². The number of aromatic nitrogens is 1. The number of carbonyl (C=O) groups excluding carboxylic acids is 1. The Morgan fingerprint density at radius 1 is 1.62 bits per heavy atom. The summed E-state index contributed by atoms with van der Waals surface area (Å²) in [5.41, 5.74) is 7.24. The van der Waals surface area contributed by atoms with Crippen LogP contribution in [0.3, 0.4) is 0 Å². The minimum absolute atomic E-state index is 0.222. The molecule has 0 saturated heterocycles. The molecule has 1 amide bonds. The SMILES string of the molecule is Cc1cc(C)c(C#N)c(NCCC(N)=O)n1. The third kappa shape index (κ3) is 2.95. The summed E-state index contributed by atoms with van der Waals surface area (Å²) in [6, 6.07) is 3.93. The van der Waals surface area contributed by atoms with Crippen molar-refractivity contribution in [3.63, 3.8) is 0 Å². The van der Waals surface area contributed by atoms with Crippen molar-refractivity contribution < 1.29 is 4.79 Å². The van der Waals surface area contributed by atoms with Crippen molar-refractivity contribution in [2.45, 2.75) is 20.3 Å². The Morgan fingerprint density at radius 3 is 2.88 bits per heavy atom. The Labute approximate surface area is 94.3 Å². The van der Waals surface area contributed by atoms with E-state index in [0.717, 1.165) is 11.3 Å². The third-order valence-electron chi connectivity index (χ3n) is 2.12. The quantitative estimate of drug-likeness (QED) is 0.783. The molecular weight excluding hydrogens is 204 g/mol. The summed E-state index contributed by atoms with van der Waals surface area (Å²) < 4.78 is 0. The second-order valence-corrected chi connectivity index (χ2v) is 3.56. The normalized spacial score (nSPS) is 9.56. The van der Waals surface area contributed by atoms with Gasteiger partial charge in [0.2, 0.25) is 5.91 Å². The van der Waals surface area contributed by atoms with Crippen LogP contribution in [-0.2, 0) is 4.79 Å². The van der Waals surface area contributed by atoms with Gasteiger partial charge in [-0.25, -0.2) is 4.98 Å². The van der Waals surface area contributed by atoms with Gasteiger partial charge >= 0.3 is 0 Å². The fourth-order valence-electron chi connectivity index (χ4n) is 1.41. The van der Waals surface area contributed by atoms with Crippen molar-refractivity contribution in [2.75, 3.05) is 11.9 Å². The summed E-state index contributed by atoms with van der Waals surface area (Å²) in [7, 11) is 0. The maximum atomic E-state index is 10.6. The monoisotopic (exact) mass is 218 g/mol. The molecule has 1 rings (SSSR count). The highest BCUT2D eigenvalue weighted by Gasteiger charge is 2.07. The molecule has 1 heterocycles. The smallest absolute Gasteiger partial charge is 0.219 e. The lowest BCUT2D eigenvalue weighted by molar-refractivity contribution is -0.117. The first-order valence-electron chi connectivity index (χ1n) is 4.95. The topological polar surface area (TPSA) is 91.8 Å². The van der Waals surface area contributed by atoms with Crippen molar-refractivity contribution in [3.8, 4) is 6.07 Å². The molecule has 0 bridgehead atoms. The van der Waals surface area contributed by atoms with E-state index in [1.54, 1.807) is 0 Å². The summed E-state index contributed by atoms with van der Waals surface area (Å²) in [4.78, 5) is 14.8. The zero-order valence-corrected chi connectivity index (χ0v) is 9.37. The van der Waals surface area contributed by atoms with Crippen LogP contribution in [0.1, 0.15) is 23.2 Å². The Balaban J connectivity index is 2.86. The molecule has 0 aliphatic rings. The molecule has 0 radical (unpaired) electrons. The highest BCUT2D eigenvalue weighted by molar-refractivity contribution is 5.74. The highest BCUT2D eigenvalue weighted by atomic mass is 16.1. The van der Waals surface area contributed by atoms with Gasteiger partial charge < -0.3 is 11.1 Å². The average Bonchev–Trinajstić information content (AvgIpc) is 2.16. The summed E-state index contributed by atoms with van der Waals surface area (Å²) in [6.07, 6.45) is 0.222. The molecule has 16 heavy (non-hydrogen) atoms. The number of nitrogens with two attached hydrogens (primary N) is 1. The molecule has 0 aliphatic carbocycles. The Kier molecular flexibility index (Phi) is 3.84. The molecule has 3 N–H and O–H groups in total. The molecule has 0 aromatic carbocycles. The summed E-state index contributed by atoms with van der Waals surface area (Å²) in [5.74, 6) is 0.136. The van der Waals surface area contributed by atoms with E-state index in [4.69, 9.17) is 11.0 Å². The standard InChI is InChI=1S/C11H14N4O/c1-7-5-8(2)15-11(9(7)6-12)14-4-3-10(13)16/h5H,3-4H2,1-2H3,(H2,13,16)(H,14,15). The molecule has 84 valence electrons. The van der Waals surface area contributed by atoms with Gasteiger partial charge in [-0.15, -0.1) is 0 Å². The third-order valence-corrected chi connectivity index (χ3v) is 2.12. The van der Waals surface area contributed by atoms with Gasteiger partial charge in [0.05, 0.1) is 5.56 Å². The first-order valence-corrected chi connectivity index (χ1v) is 4.95. The highest BCUT2D eigenvalue weighted by Crippen LogP contribution is 2.17. The Morgan fingerprint density at radius 2 is 2.31 bits per heavy atom. The van der Waals surface area contributed by atoms with Gasteiger partial charge in [-0.3, -0.25) is 4.79 Å². The number of carbonyl (C=O) groups is 1. The van der Waals surface area contributed by atoms with E-state index in [0.29, 0.717) is 17.9 Å². The Hall–Kier alpha value is -2.09. The fourth-order valence-corrected chi connectivity index (χ4v) is 1.41. The van der Waals surface area contributed by atoms with E-state index < -0.39 is 0 Å². The van der Waals surface area contributed by atoms with Crippen molar-refractivity contribution in [1.82, 2.24) is 4.98 Å². The van der Waals surface area contributed by atoms with E-state index in [1.165, 1.54) is 0 Å². The maximum Gasteiger partial charge on any atom is 0.219 e. The number of hydrogen-bond donors (Lipinski definition) is 2. The van der Waals surface area contributed by atoms with Crippen molar-refractivity contribution in [1.29, 1.82) is 5.26 Å². The van der Waals surface area contributed by atoms with Gasteiger partial charge in [0, 0.05) is 18.7 Å². The van der Waals surface area contributed by atoms with Crippen LogP contribution in [0, 0.1) is 25.2 Å². The number of nitrogens with zero attached hydrogens (tertiary/aromatic N) is 2. The minimum Gasteiger partial charge on any atom is -0.370 e.